The summed E-state index contributed by atoms with van der Waals surface area (Å²) in [6.45, 7) is 11.1. The Labute approximate surface area is 230 Å². The Kier molecular flexibility index (Phi) is 8.81. The number of likely N-dealkylation sites (tertiary alicyclic amines) is 1. The number of hydrogen-bond acceptors (Lipinski definition) is 5. The highest BCUT2D eigenvalue weighted by molar-refractivity contribution is 6.74. The van der Waals surface area contributed by atoms with Crippen LogP contribution in [-0.2, 0) is 31.6 Å². The number of rotatable bonds is 7. The van der Waals surface area contributed by atoms with Crippen molar-refractivity contribution < 1.29 is 18.8 Å². The molecule has 198 valence electrons. The Bertz CT molecular complexity index is 1180. The summed E-state index contributed by atoms with van der Waals surface area (Å²) in [7, 11) is -0.859. The van der Waals surface area contributed by atoms with Crippen molar-refractivity contribution in [1.82, 2.24) is 4.90 Å². The van der Waals surface area contributed by atoms with E-state index in [-0.39, 0.29) is 36.4 Å². The number of nitriles is 1. The van der Waals surface area contributed by atoms with Gasteiger partial charge in [0.05, 0.1) is 31.3 Å². The average molecular weight is 562 g/mol. The fraction of sp³-hybridized carbons (Fsp3) is 0.464. The first-order valence-corrected chi connectivity index (χ1v) is 15.9. The van der Waals surface area contributed by atoms with Gasteiger partial charge in [-0.15, -0.1) is 0 Å². The predicted octanol–water partition coefficient (Wildman–Crippen LogP) is 6.18. The van der Waals surface area contributed by atoms with Gasteiger partial charge in [0.2, 0.25) is 5.91 Å². The fourth-order valence-corrected chi connectivity index (χ4v) is 6.50. The van der Waals surface area contributed by atoms with Crippen LogP contribution in [0, 0.1) is 11.3 Å². The quantitative estimate of drug-likeness (QED) is 0.298. The summed E-state index contributed by atoms with van der Waals surface area (Å²) >= 11 is 12.3. The monoisotopic (exact) mass is 560 g/mol. The lowest BCUT2D eigenvalue weighted by atomic mass is 9.87. The lowest BCUT2D eigenvalue weighted by Crippen LogP contribution is -2.55. The summed E-state index contributed by atoms with van der Waals surface area (Å²) in [6, 6.07) is 14.2. The zero-order valence-corrected chi connectivity index (χ0v) is 24.7. The summed E-state index contributed by atoms with van der Waals surface area (Å²) < 4.78 is 12.0. The second-order valence-corrected chi connectivity index (χ2v) is 16.8. The molecule has 0 spiro atoms. The van der Waals surface area contributed by atoms with Crippen LogP contribution < -0.4 is 0 Å². The summed E-state index contributed by atoms with van der Waals surface area (Å²) in [4.78, 5) is 28.9. The van der Waals surface area contributed by atoms with Crippen molar-refractivity contribution in [1.29, 1.82) is 5.26 Å². The minimum atomic E-state index is -2.20. The lowest BCUT2D eigenvalue weighted by Gasteiger charge is -2.38. The summed E-state index contributed by atoms with van der Waals surface area (Å²) in [5, 5.41) is 10.0. The van der Waals surface area contributed by atoms with Crippen molar-refractivity contribution >= 4 is 43.4 Å². The van der Waals surface area contributed by atoms with E-state index in [1.807, 2.05) is 12.1 Å². The molecule has 1 aliphatic heterocycles. The second kappa shape index (κ2) is 11.2. The van der Waals surface area contributed by atoms with E-state index in [2.05, 4.69) is 39.9 Å². The number of hydrogen-bond donors (Lipinski definition) is 0. The zero-order valence-electron chi connectivity index (χ0n) is 22.2. The highest BCUT2D eigenvalue weighted by atomic mass is 35.5. The number of ether oxygens (including phenoxy) is 1. The van der Waals surface area contributed by atoms with Gasteiger partial charge in [-0.3, -0.25) is 4.79 Å². The topological polar surface area (TPSA) is 79.6 Å². The first kappa shape index (κ1) is 29.2. The average Bonchev–Trinajstić information content (AvgIpc) is 3.15. The van der Waals surface area contributed by atoms with Crippen molar-refractivity contribution in [2.24, 2.45) is 0 Å². The van der Waals surface area contributed by atoms with Crippen LogP contribution in [0.4, 0.5) is 0 Å². The van der Waals surface area contributed by atoms with Crippen molar-refractivity contribution in [2.75, 3.05) is 13.7 Å². The molecule has 1 aliphatic rings. The van der Waals surface area contributed by atoms with Crippen LogP contribution in [0.2, 0.25) is 28.2 Å². The number of nitrogens with zero attached hydrogens (tertiary/aromatic N) is 2. The van der Waals surface area contributed by atoms with E-state index < -0.39 is 19.8 Å². The molecule has 1 amide bonds. The first-order valence-electron chi connectivity index (χ1n) is 12.2. The Balaban J connectivity index is 2.03. The van der Waals surface area contributed by atoms with Crippen molar-refractivity contribution in [3.63, 3.8) is 0 Å². The van der Waals surface area contributed by atoms with E-state index in [1.54, 1.807) is 35.2 Å². The Morgan fingerprint density at radius 2 is 1.70 bits per heavy atom. The summed E-state index contributed by atoms with van der Waals surface area (Å²) in [5.74, 6) is -0.727. The fourth-order valence-electron chi connectivity index (χ4n) is 4.58. The number of amides is 1. The maximum atomic E-state index is 13.8. The summed E-state index contributed by atoms with van der Waals surface area (Å²) in [5.41, 5.74) is 0.747. The molecule has 2 aromatic carbocycles. The molecule has 0 aliphatic carbocycles. The molecular formula is C28H34Cl2N2O4Si. The van der Waals surface area contributed by atoms with Crippen molar-refractivity contribution in [3.8, 4) is 6.07 Å². The van der Waals surface area contributed by atoms with E-state index in [0.29, 0.717) is 27.6 Å². The smallest absolute Gasteiger partial charge is 0.332 e. The van der Waals surface area contributed by atoms with Crippen LogP contribution in [0.1, 0.15) is 43.9 Å². The molecule has 1 saturated heterocycles. The third kappa shape index (κ3) is 6.56. The molecule has 1 fully saturated rings. The second-order valence-electron chi connectivity index (χ2n) is 11.2. The summed E-state index contributed by atoms with van der Waals surface area (Å²) in [6.07, 6.45) is 0.253. The molecule has 9 heteroatoms. The normalized spacial score (nSPS) is 20.0. The van der Waals surface area contributed by atoms with Gasteiger partial charge in [-0.05, 0) is 59.6 Å². The van der Waals surface area contributed by atoms with Crippen LogP contribution >= 0.6 is 23.2 Å². The van der Waals surface area contributed by atoms with E-state index in [9.17, 15) is 14.9 Å². The largest absolute Gasteiger partial charge is 0.467 e. The number of esters is 1. The van der Waals surface area contributed by atoms with Gasteiger partial charge in [-0.1, -0.05) is 56.1 Å². The molecule has 1 heterocycles. The van der Waals surface area contributed by atoms with Gasteiger partial charge in [0.25, 0.3) is 0 Å². The number of carbonyl (C=O) groups excluding carboxylic acids is 2. The molecule has 0 saturated carbocycles. The molecule has 2 atom stereocenters. The van der Waals surface area contributed by atoms with Gasteiger partial charge in [0.15, 0.2) is 8.32 Å². The van der Waals surface area contributed by atoms with E-state index in [4.69, 9.17) is 32.4 Å². The molecule has 0 aromatic heterocycles. The van der Waals surface area contributed by atoms with Crippen molar-refractivity contribution in [2.45, 2.75) is 69.8 Å². The minimum absolute atomic E-state index is 0.0270. The van der Waals surface area contributed by atoms with E-state index in [1.165, 1.54) is 7.11 Å². The molecule has 1 unspecified atom stereocenters. The first-order chi connectivity index (χ1) is 17.2. The SMILES string of the molecule is COC(=O)C1(Cc2ccc(C#N)cc2)C[C@@H](O[Si](C)(C)C(C)(C)C)CN1C(=O)Cc1cc(Cl)cc(Cl)c1. The molecule has 0 N–H and O–H groups in total. The highest BCUT2D eigenvalue weighted by Gasteiger charge is 2.56. The lowest BCUT2D eigenvalue weighted by molar-refractivity contribution is -0.159. The Morgan fingerprint density at radius 3 is 2.22 bits per heavy atom. The van der Waals surface area contributed by atoms with Crippen LogP contribution in [0.25, 0.3) is 0 Å². The van der Waals surface area contributed by atoms with Gasteiger partial charge in [-0.2, -0.15) is 5.26 Å². The van der Waals surface area contributed by atoms with Crippen LogP contribution in [0.5, 0.6) is 0 Å². The minimum Gasteiger partial charge on any atom is -0.467 e. The van der Waals surface area contributed by atoms with E-state index >= 15 is 0 Å². The van der Waals surface area contributed by atoms with Crippen molar-refractivity contribution in [3.05, 3.63) is 69.2 Å². The van der Waals surface area contributed by atoms with Gasteiger partial charge in [-0.25, -0.2) is 4.79 Å². The molecule has 0 bridgehead atoms. The molecule has 37 heavy (non-hydrogen) atoms. The zero-order chi connectivity index (χ0) is 27.6. The standard InChI is InChI=1S/C28H34Cl2N2O4Si/c1-27(2,3)37(5,6)36-24-16-28(26(34)35-4,15-19-7-9-20(17-31)10-8-19)32(18-24)25(33)13-21-11-22(29)14-23(30)12-21/h7-12,14,24H,13,15-16,18H2,1-6H3/t24-,28?/m1/s1. The number of benzene rings is 2. The maximum absolute atomic E-state index is 13.8. The van der Waals surface area contributed by atoms with Crippen LogP contribution in [-0.4, -0.2) is 50.4 Å². The molecule has 2 aromatic rings. The third-order valence-electron chi connectivity index (χ3n) is 7.46. The Morgan fingerprint density at radius 1 is 1.11 bits per heavy atom. The van der Waals surface area contributed by atoms with Crippen LogP contribution in [0.3, 0.4) is 0 Å². The van der Waals surface area contributed by atoms with Gasteiger partial charge in [0, 0.05) is 29.4 Å². The Hall–Kier alpha value is -2.37. The molecule has 3 rings (SSSR count). The number of methoxy groups -OCH3 is 1. The van der Waals surface area contributed by atoms with Gasteiger partial charge >= 0.3 is 5.97 Å². The van der Waals surface area contributed by atoms with Gasteiger partial charge in [0.1, 0.15) is 5.54 Å². The number of carbonyl (C=O) groups is 2. The molecular weight excluding hydrogens is 527 g/mol. The van der Waals surface area contributed by atoms with E-state index in [0.717, 1.165) is 5.56 Å². The van der Waals surface area contributed by atoms with Gasteiger partial charge < -0.3 is 14.1 Å². The maximum Gasteiger partial charge on any atom is 0.332 e. The van der Waals surface area contributed by atoms with Crippen LogP contribution in [0.15, 0.2) is 42.5 Å². The molecule has 0 radical (unpaired) electrons. The molecule has 6 nitrogen and oxygen atoms in total. The predicted molar refractivity (Wildman–Crippen MR) is 148 cm³/mol. The number of halogens is 2. The highest BCUT2D eigenvalue weighted by Crippen LogP contribution is 2.42. The third-order valence-corrected chi connectivity index (χ3v) is 12.4.